The SMILES string of the molecule is COC(C(=O)NN=Cc1cc(OCc2ccccc2)ccc1Br)c1ccccc1. The summed E-state index contributed by atoms with van der Waals surface area (Å²) >= 11 is 3.49. The van der Waals surface area contributed by atoms with Crippen molar-refractivity contribution in [3.8, 4) is 5.75 Å². The second kappa shape index (κ2) is 10.5. The van der Waals surface area contributed by atoms with Crippen molar-refractivity contribution in [2.24, 2.45) is 5.10 Å². The molecule has 0 aliphatic carbocycles. The van der Waals surface area contributed by atoms with Gasteiger partial charge in [-0.15, -0.1) is 0 Å². The van der Waals surface area contributed by atoms with Crippen LogP contribution >= 0.6 is 15.9 Å². The highest BCUT2D eigenvalue weighted by molar-refractivity contribution is 9.10. The highest BCUT2D eigenvalue weighted by Gasteiger charge is 2.19. The predicted octanol–water partition coefficient (Wildman–Crippen LogP) is 4.87. The standard InChI is InChI=1S/C23H21BrN2O3/c1-28-22(18-10-6-3-7-11-18)23(27)26-25-15-19-14-20(12-13-21(19)24)29-16-17-8-4-2-5-9-17/h2-15,22H,16H2,1H3,(H,26,27). The van der Waals surface area contributed by atoms with E-state index in [-0.39, 0.29) is 5.91 Å². The smallest absolute Gasteiger partial charge is 0.273 e. The van der Waals surface area contributed by atoms with Crippen LogP contribution in [0.25, 0.3) is 0 Å². The molecule has 3 aromatic carbocycles. The zero-order valence-electron chi connectivity index (χ0n) is 15.9. The Bertz CT molecular complexity index is 962. The largest absolute Gasteiger partial charge is 0.489 e. The number of hydrazone groups is 1. The topological polar surface area (TPSA) is 59.9 Å². The zero-order valence-corrected chi connectivity index (χ0v) is 17.5. The van der Waals surface area contributed by atoms with Gasteiger partial charge >= 0.3 is 0 Å². The van der Waals surface area contributed by atoms with E-state index >= 15 is 0 Å². The number of hydrogen-bond acceptors (Lipinski definition) is 4. The number of ether oxygens (including phenoxy) is 2. The monoisotopic (exact) mass is 452 g/mol. The molecule has 1 N–H and O–H groups in total. The maximum atomic E-state index is 12.4. The van der Waals surface area contributed by atoms with Crippen LogP contribution in [0.4, 0.5) is 0 Å². The van der Waals surface area contributed by atoms with E-state index in [1.54, 1.807) is 6.21 Å². The number of nitrogens with zero attached hydrogens (tertiary/aromatic N) is 1. The Hall–Kier alpha value is -2.96. The Kier molecular flexibility index (Phi) is 7.55. The normalized spacial score (nSPS) is 11.9. The summed E-state index contributed by atoms with van der Waals surface area (Å²) in [6, 6.07) is 24.8. The van der Waals surface area contributed by atoms with Gasteiger partial charge in [0.1, 0.15) is 12.4 Å². The molecule has 0 saturated carbocycles. The molecule has 148 valence electrons. The Balaban J connectivity index is 1.63. The minimum Gasteiger partial charge on any atom is -0.489 e. The third kappa shape index (κ3) is 6.01. The van der Waals surface area contributed by atoms with Crippen molar-refractivity contribution in [3.63, 3.8) is 0 Å². The van der Waals surface area contributed by atoms with E-state index in [0.29, 0.717) is 12.4 Å². The summed E-state index contributed by atoms with van der Waals surface area (Å²) in [5.74, 6) is 0.367. The summed E-state index contributed by atoms with van der Waals surface area (Å²) in [6.45, 7) is 0.475. The molecule has 0 heterocycles. The fourth-order valence-electron chi connectivity index (χ4n) is 2.70. The number of halogens is 1. The fourth-order valence-corrected chi connectivity index (χ4v) is 3.05. The van der Waals surface area contributed by atoms with Gasteiger partial charge in [0.15, 0.2) is 6.10 Å². The maximum absolute atomic E-state index is 12.4. The van der Waals surface area contributed by atoms with E-state index in [2.05, 4.69) is 26.5 Å². The lowest BCUT2D eigenvalue weighted by Crippen LogP contribution is -2.26. The first-order valence-electron chi connectivity index (χ1n) is 9.04. The van der Waals surface area contributed by atoms with E-state index in [9.17, 15) is 4.79 Å². The summed E-state index contributed by atoms with van der Waals surface area (Å²) in [4.78, 5) is 12.4. The number of hydrogen-bond donors (Lipinski definition) is 1. The molecule has 0 radical (unpaired) electrons. The van der Waals surface area contributed by atoms with Gasteiger partial charge in [-0.1, -0.05) is 76.6 Å². The number of amides is 1. The van der Waals surface area contributed by atoms with E-state index in [1.165, 1.54) is 7.11 Å². The van der Waals surface area contributed by atoms with Crippen LogP contribution < -0.4 is 10.2 Å². The molecular formula is C23H21BrN2O3. The second-order valence-electron chi connectivity index (χ2n) is 6.22. The molecule has 0 spiro atoms. The Labute approximate surface area is 178 Å². The number of carbonyl (C=O) groups is 1. The van der Waals surface area contributed by atoms with Crippen molar-refractivity contribution in [3.05, 3.63) is 100 Å². The van der Waals surface area contributed by atoms with Gasteiger partial charge in [0.2, 0.25) is 0 Å². The van der Waals surface area contributed by atoms with Gasteiger partial charge < -0.3 is 9.47 Å². The van der Waals surface area contributed by atoms with Gasteiger partial charge in [0.25, 0.3) is 5.91 Å². The van der Waals surface area contributed by atoms with Crippen LogP contribution in [0.3, 0.4) is 0 Å². The molecule has 1 amide bonds. The van der Waals surface area contributed by atoms with Crippen LogP contribution in [0, 0.1) is 0 Å². The first kappa shape index (κ1) is 20.8. The third-order valence-corrected chi connectivity index (χ3v) is 4.89. The molecule has 0 aliphatic rings. The van der Waals surface area contributed by atoms with Gasteiger partial charge in [-0.2, -0.15) is 5.10 Å². The highest BCUT2D eigenvalue weighted by atomic mass is 79.9. The molecule has 29 heavy (non-hydrogen) atoms. The summed E-state index contributed by atoms with van der Waals surface area (Å²) in [6.07, 6.45) is 0.840. The number of rotatable bonds is 8. The quantitative estimate of drug-likeness (QED) is 0.391. The van der Waals surface area contributed by atoms with Gasteiger partial charge in [-0.3, -0.25) is 4.79 Å². The van der Waals surface area contributed by atoms with Crippen LogP contribution in [-0.4, -0.2) is 19.2 Å². The second-order valence-corrected chi connectivity index (χ2v) is 7.07. The molecule has 3 rings (SSSR count). The molecule has 0 saturated heterocycles. The average molecular weight is 453 g/mol. The van der Waals surface area contributed by atoms with Gasteiger partial charge in [0.05, 0.1) is 6.21 Å². The maximum Gasteiger partial charge on any atom is 0.273 e. The van der Waals surface area contributed by atoms with Crippen LogP contribution in [-0.2, 0) is 16.1 Å². The van der Waals surface area contributed by atoms with Crippen LogP contribution in [0.1, 0.15) is 22.8 Å². The lowest BCUT2D eigenvalue weighted by Gasteiger charge is -2.13. The molecule has 0 aliphatic heterocycles. The molecule has 1 atom stereocenters. The Morgan fingerprint density at radius 3 is 2.45 bits per heavy atom. The van der Waals surface area contributed by atoms with Crippen molar-refractivity contribution in [1.82, 2.24) is 5.43 Å². The first-order chi connectivity index (χ1) is 14.2. The minimum absolute atomic E-state index is 0.345. The van der Waals surface area contributed by atoms with Crippen LogP contribution in [0.2, 0.25) is 0 Å². The summed E-state index contributed by atoms with van der Waals surface area (Å²) in [5, 5.41) is 4.07. The van der Waals surface area contributed by atoms with E-state index < -0.39 is 6.10 Å². The number of methoxy groups -OCH3 is 1. The molecule has 0 bridgehead atoms. The molecule has 5 nitrogen and oxygen atoms in total. The molecule has 3 aromatic rings. The van der Waals surface area contributed by atoms with E-state index in [1.807, 2.05) is 78.9 Å². The number of carbonyl (C=O) groups excluding carboxylic acids is 1. The van der Waals surface area contributed by atoms with Crippen molar-refractivity contribution >= 4 is 28.1 Å². The predicted molar refractivity (Wildman–Crippen MR) is 117 cm³/mol. The fraction of sp³-hybridized carbons (Fsp3) is 0.130. The lowest BCUT2D eigenvalue weighted by molar-refractivity contribution is -0.131. The molecule has 0 fully saturated rings. The van der Waals surface area contributed by atoms with E-state index in [4.69, 9.17) is 9.47 Å². The van der Waals surface area contributed by atoms with E-state index in [0.717, 1.165) is 21.2 Å². The summed E-state index contributed by atoms with van der Waals surface area (Å²) in [7, 11) is 1.49. The first-order valence-corrected chi connectivity index (χ1v) is 9.83. The average Bonchev–Trinajstić information content (AvgIpc) is 2.76. The Morgan fingerprint density at radius 1 is 1.07 bits per heavy atom. The van der Waals surface area contributed by atoms with Crippen molar-refractivity contribution in [2.45, 2.75) is 12.7 Å². The highest BCUT2D eigenvalue weighted by Crippen LogP contribution is 2.22. The number of nitrogens with one attached hydrogen (secondary N) is 1. The summed E-state index contributed by atoms with van der Waals surface area (Å²) < 4.78 is 12.0. The molecule has 1 unspecified atom stereocenters. The lowest BCUT2D eigenvalue weighted by atomic mass is 10.1. The van der Waals surface area contributed by atoms with Crippen molar-refractivity contribution in [2.75, 3.05) is 7.11 Å². The summed E-state index contributed by atoms with van der Waals surface area (Å²) in [5.41, 5.74) is 5.16. The van der Waals surface area contributed by atoms with Gasteiger partial charge in [-0.05, 0) is 29.3 Å². The minimum atomic E-state index is -0.725. The molecular weight excluding hydrogens is 432 g/mol. The zero-order chi connectivity index (χ0) is 20.5. The Morgan fingerprint density at radius 2 is 1.76 bits per heavy atom. The van der Waals surface area contributed by atoms with Gasteiger partial charge in [0, 0.05) is 17.1 Å². The van der Waals surface area contributed by atoms with Crippen molar-refractivity contribution < 1.29 is 14.3 Å². The van der Waals surface area contributed by atoms with Crippen LogP contribution in [0.15, 0.2) is 88.4 Å². The number of benzene rings is 3. The third-order valence-electron chi connectivity index (χ3n) is 4.17. The molecule has 0 aromatic heterocycles. The molecule has 6 heteroatoms. The van der Waals surface area contributed by atoms with Gasteiger partial charge in [-0.25, -0.2) is 5.43 Å². The van der Waals surface area contributed by atoms with Crippen molar-refractivity contribution in [1.29, 1.82) is 0 Å². The van der Waals surface area contributed by atoms with Crippen LogP contribution in [0.5, 0.6) is 5.75 Å².